The third kappa shape index (κ3) is 5.11. The number of carboxylic acid groups (broad SMARTS) is 1. The van der Waals surface area contributed by atoms with Crippen molar-refractivity contribution < 1.29 is 28.6 Å². The second-order valence-corrected chi connectivity index (χ2v) is 6.21. The molecule has 1 heterocycles. The molecule has 1 N–H and O–H groups in total. The van der Waals surface area contributed by atoms with Crippen LogP contribution in [0.3, 0.4) is 0 Å². The fraction of sp³-hybridized carbons (Fsp3) is 0.238. The van der Waals surface area contributed by atoms with Crippen molar-refractivity contribution in [1.82, 2.24) is 5.16 Å². The van der Waals surface area contributed by atoms with E-state index < -0.39 is 5.97 Å². The second-order valence-electron chi connectivity index (χ2n) is 6.21. The molecule has 7 nitrogen and oxygen atoms in total. The molecule has 2 aromatic carbocycles. The van der Waals surface area contributed by atoms with Crippen LogP contribution < -0.4 is 9.47 Å². The number of hydrogen-bond acceptors (Lipinski definition) is 6. The lowest BCUT2D eigenvalue weighted by atomic mass is 10.1. The minimum atomic E-state index is -1.02. The quantitative estimate of drug-likeness (QED) is 0.600. The van der Waals surface area contributed by atoms with Gasteiger partial charge in [0.2, 0.25) is 0 Å². The molecule has 0 saturated heterocycles. The molecule has 146 valence electrons. The molecule has 0 fully saturated rings. The number of methoxy groups -OCH3 is 1. The van der Waals surface area contributed by atoms with E-state index in [4.69, 9.17) is 23.8 Å². The second kappa shape index (κ2) is 9.05. The van der Waals surface area contributed by atoms with E-state index in [1.165, 1.54) is 0 Å². The number of carboxylic acids is 1. The number of aliphatic carboxylic acids is 1. The maximum absolute atomic E-state index is 10.6. The largest absolute Gasteiger partial charge is 0.487 e. The number of rotatable bonds is 9. The minimum Gasteiger partial charge on any atom is -0.487 e. The first-order chi connectivity index (χ1) is 13.5. The third-order valence-corrected chi connectivity index (χ3v) is 3.99. The smallest absolute Gasteiger partial charge is 0.341 e. The van der Waals surface area contributed by atoms with Gasteiger partial charge in [-0.15, -0.1) is 0 Å². The monoisotopic (exact) mass is 383 g/mol. The van der Waals surface area contributed by atoms with Crippen molar-refractivity contribution in [1.29, 1.82) is 0 Å². The summed E-state index contributed by atoms with van der Waals surface area (Å²) in [4.78, 5) is 10.6. The highest BCUT2D eigenvalue weighted by Crippen LogP contribution is 2.25. The van der Waals surface area contributed by atoms with Crippen LogP contribution in [0.25, 0.3) is 11.3 Å². The van der Waals surface area contributed by atoms with E-state index in [-0.39, 0.29) is 13.2 Å². The standard InChI is InChI=1S/C21H21NO6/c1-14-9-18(7-8-19(14)27-13-21(23)24)26-12-17-10-20(28-22-17)16-5-3-15(4-6-16)11-25-2/h3-10H,11-13H2,1-2H3,(H,23,24). The van der Waals surface area contributed by atoms with Crippen LogP contribution in [0.5, 0.6) is 11.5 Å². The number of carbonyl (C=O) groups is 1. The van der Waals surface area contributed by atoms with Gasteiger partial charge in [-0.05, 0) is 36.2 Å². The van der Waals surface area contributed by atoms with Crippen molar-refractivity contribution in [2.24, 2.45) is 0 Å². The Hall–Kier alpha value is -3.32. The van der Waals surface area contributed by atoms with Crippen LogP contribution in [0, 0.1) is 6.92 Å². The molecule has 1 aromatic heterocycles. The molecule has 0 bridgehead atoms. The lowest BCUT2D eigenvalue weighted by Gasteiger charge is -2.09. The predicted octanol–water partition coefficient (Wildman–Crippen LogP) is 3.84. The molecular formula is C21H21NO6. The van der Waals surface area contributed by atoms with E-state index in [9.17, 15) is 4.79 Å². The van der Waals surface area contributed by atoms with Crippen molar-refractivity contribution in [2.75, 3.05) is 13.7 Å². The molecule has 28 heavy (non-hydrogen) atoms. The SMILES string of the molecule is COCc1ccc(-c2cc(COc3ccc(OCC(=O)O)c(C)c3)no2)cc1. The van der Waals surface area contributed by atoms with E-state index in [0.29, 0.717) is 29.6 Å². The molecule has 0 atom stereocenters. The number of benzene rings is 2. The molecule has 0 saturated carbocycles. The minimum absolute atomic E-state index is 0.250. The van der Waals surface area contributed by atoms with Crippen LogP contribution in [-0.4, -0.2) is 29.9 Å². The average molecular weight is 383 g/mol. The summed E-state index contributed by atoms with van der Waals surface area (Å²) in [6.07, 6.45) is 0. The summed E-state index contributed by atoms with van der Waals surface area (Å²) in [5, 5.41) is 12.7. The number of aromatic nitrogens is 1. The summed E-state index contributed by atoms with van der Waals surface area (Å²) in [6.45, 7) is 2.26. The van der Waals surface area contributed by atoms with Crippen molar-refractivity contribution >= 4 is 5.97 Å². The maximum atomic E-state index is 10.6. The highest BCUT2D eigenvalue weighted by molar-refractivity contribution is 5.68. The third-order valence-electron chi connectivity index (χ3n) is 3.99. The van der Waals surface area contributed by atoms with Crippen LogP contribution in [0.15, 0.2) is 53.1 Å². The van der Waals surface area contributed by atoms with Gasteiger partial charge in [0.15, 0.2) is 12.4 Å². The molecule has 0 unspecified atom stereocenters. The lowest BCUT2D eigenvalue weighted by molar-refractivity contribution is -0.139. The molecule has 0 aliphatic carbocycles. The Morgan fingerprint density at radius 1 is 1.07 bits per heavy atom. The van der Waals surface area contributed by atoms with Gasteiger partial charge < -0.3 is 23.8 Å². The first-order valence-corrected chi connectivity index (χ1v) is 8.67. The van der Waals surface area contributed by atoms with Crippen LogP contribution in [-0.2, 0) is 22.7 Å². The Morgan fingerprint density at radius 3 is 2.54 bits per heavy atom. The highest BCUT2D eigenvalue weighted by Gasteiger charge is 2.09. The fourth-order valence-corrected chi connectivity index (χ4v) is 2.62. The van der Waals surface area contributed by atoms with Gasteiger partial charge in [0.25, 0.3) is 0 Å². The zero-order valence-corrected chi connectivity index (χ0v) is 15.7. The first-order valence-electron chi connectivity index (χ1n) is 8.67. The topological polar surface area (TPSA) is 91.0 Å². The van der Waals surface area contributed by atoms with Gasteiger partial charge in [0, 0.05) is 18.7 Å². The van der Waals surface area contributed by atoms with E-state index in [1.54, 1.807) is 25.3 Å². The Kier molecular flexibility index (Phi) is 6.29. The van der Waals surface area contributed by atoms with E-state index in [1.807, 2.05) is 37.3 Å². The number of hydrogen-bond donors (Lipinski definition) is 1. The van der Waals surface area contributed by atoms with Gasteiger partial charge in [-0.1, -0.05) is 29.4 Å². The van der Waals surface area contributed by atoms with Crippen molar-refractivity contribution in [3.05, 3.63) is 65.4 Å². The number of ether oxygens (including phenoxy) is 3. The van der Waals surface area contributed by atoms with E-state index >= 15 is 0 Å². The van der Waals surface area contributed by atoms with Crippen LogP contribution in [0.2, 0.25) is 0 Å². The molecular weight excluding hydrogens is 362 g/mol. The summed E-state index contributed by atoms with van der Waals surface area (Å²) in [5.41, 5.74) is 3.46. The number of aryl methyl sites for hydroxylation is 1. The van der Waals surface area contributed by atoms with Crippen molar-refractivity contribution in [3.63, 3.8) is 0 Å². The van der Waals surface area contributed by atoms with E-state index in [2.05, 4.69) is 5.16 Å². The molecule has 0 spiro atoms. The predicted molar refractivity (Wildman–Crippen MR) is 101 cm³/mol. The molecule has 0 radical (unpaired) electrons. The molecule has 0 aliphatic heterocycles. The summed E-state index contributed by atoms with van der Waals surface area (Å²) in [5.74, 6) is 0.787. The normalized spacial score (nSPS) is 10.6. The van der Waals surface area contributed by atoms with Gasteiger partial charge >= 0.3 is 5.97 Å². The maximum Gasteiger partial charge on any atom is 0.341 e. The molecule has 7 heteroatoms. The van der Waals surface area contributed by atoms with Gasteiger partial charge in [0.05, 0.1) is 6.61 Å². The zero-order chi connectivity index (χ0) is 19.9. The molecule has 0 amide bonds. The Labute approximate surface area is 162 Å². The molecule has 0 aliphatic rings. The van der Waals surface area contributed by atoms with Gasteiger partial charge in [0.1, 0.15) is 23.8 Å². The highest BCUT2D eigenvalue weighted by atomic mass is 16.5. The van der Waals surface area contributed by atoms with Gasteiger partial charge in [-0.2, -0.15) is 0 Å². The van der Waals surface area contributed by atoms with Crippen LogP contribution in [0.1, 0.15) is 16.8 Å². The first kappa shape index (κ1) is 19.4. The number of nitrogens with zero attached hydrogens (tertiary/aromatic N) is 1. The molecule has 3 rings (SSSR count). The summed E-state index contributed by atoms with van der Waals surface area (Å²) in [7, 11) is 1.66. The molecule has 3 aromatic rings. The zero-order valence-electron chi connectivity index (χ0n) is 15.7. The Balaban J connectivity index is 1.59. The van der Waals surface area contributed by atoms with E-state index in [0.717, 1.165) is 16.7 Å². The Morgan fingerprint density at radius 2 is 1.86 bits per heavy atom. The van der Waals surface area contributed by atoms with Gasteiger partial charge in [-0.25, -0.2) is 4.79 Å². The summed E-state index contributed by atoms with van der Waals surface area (Å²) >= 11 is 0. The van der Waals surface area contributed by atoms with Crippen LogP contribution in [0.4, 0.5) is 0 Å². The summed E-state index contributed by atoms with van der Waals surface area (Å²) in [6, 6.07) is 14.9. The van der Waals surface area contributed by atoms with Crippen molar-refractivity contribution in [2.45, 2.75) is 20.1 Å². The lowest BCUT2D eigenvalue weighted by Crippen LogP contribution is -2.10. The van der Waals surface area contributed by atoms with Gasteiger partial charge in [-0.3, -0.25) is 0 Å². The summed E-state index contributed by atoms with van der Waals surface area (Å²) < 4.78 is 21.4. The van der Waals surface area contributed by atoms with Crippen molar-refractivity contribution in [3.8, 4) is 22.8 Å². The average Bonchev–Trinajstić information content (AvgIpc) is 3.15. The fourth-order valence-electron chi connectivity index (χ4n) is 2.62. The Bertz CT molecular complexity index is 932. The van der Waals surface area contributed by atoms with Crippen LogP contribution >= 0.6 is 0 Å².